The molecule has 2 fully saturated rings. The molecule has 3 heterocycles. The van der Waals surface area contributed by atoms with E-state index < -0.39 is 0 Å². The third-order valence-electron chi connectivity index (χ3n) is 5.22. The first-order chi connectivity index (χ1) is 11.1. The van der Waals surface area contributed by atoms with E-state index >= 15 is 0 Å². The first kappa shape index (κ1) is 16.3. The van der Waals surface area contributed by atoms with Gasteiger partial charge in [-0.05, 0) is 40.0 Å². The SMILES string of the molecule is Cc1n[nH]c(C)c1[C@@H]1CCCCCN1C(=O)N[C@H]1CCO[C@@H]1C. The molecule has 128 valence electrons. The first-order valence-corrected chi connectivity index (χ1v) is 8.78. The largest absolute Gasteiger partial charge is 0.376 e. The molecular formula is C17H28N4O2. The van der Waals surface area contributed by atoms with Crippen LogP contribution in [0.15, 0.2) is 0 Å². The minimum atomic E-state index is 0.0410. The van der Waals surface area contributed by atoms with E-state index in [2.05, 4.69) is 15.5 Å². The smallest absolute Gasteiger partial charge is 0.318 e. The van der Waals surface area contributed by atoms with Crippen LogP contribution in [0.2, 0.25) is 0 Å². The zero-order valence-electron chi connectivity index (χ0n) is 14.4. The minimum Gasteiger partial charge on any atom is -0.376 e. The standard InChI is InChI=1S/C17H28N4O2/c1-11-16(12(2)20-19-11)15-7-5-4-6-9-21(15)17(22)18-14-8-10-23-13(14)3/h13-15H,4-10H2,1-3H3,(H,18,22)(H,19,20)/t13-,14+,15+/m1/s1. The van der Waals surface area contributed by atoms with E-state index in [4.69, 9.17) is 4.74 Å². The number of carbonyl (C=O) groups is 1. The Labute approximate surface area is 138 Å². The van der Waals surface area contributed by atoms with Crippen LogP contribution >= 0.6 is 0 Å². The highest BCUT2D eigenvalue weighted by atomic mass is 16.5. The van der Waals surface area contributed by atoms with Crippen molar-refractivity contribution < 1.29 is 9.53 Å². The van der Waals surface area contributed by atoms with Crippen LogP contribution in [0.25, 0.3) is 0 Å². The number of ether oxygens (including phenoxy) is 1. The normalized spacial score (nSPS) is 28.7. The third-order valence-corrected chi connectivity index (χ3v) is 5.22. The summed E-state index contributed by atoms with van der Waals surface area (Å²) in [7, 11) is 0. The molecule has 0 radical (unpaired) electrons. The molecule has 0 aromatic carbocycles. The Morgan fingerprint density at radius 1 is 1.30 bits per heavy atom. The van der Waals surface area contributed by atoms with Crippen LogP contribution < -0.4 is 5.32 Å². The van der Waals surface area contributed by atoms with E-state index in [-0.39, 0.29) is 24.2 Å². The van der Waals surface area contributed by atoms with Crippen LogP contribution in [0.5, 0.6) is 0 Å². The van der Waals surface area contributed by atoms with Gasteiger partial charge in [-0.2, -0.15) is 5.10 Å². The van der Waals surface area contributed by atoms with Gasteiger partial charge in [-0.15, -0.1) is 0 Å². The predicted molar refractivity (Wildman–Crippen MR) is 88.3 cm³/mol. The van der Waals surface area contributed by atoms with Crippen molar-refractivity contribution in [1.29, 1.82) is 0 Å². The van der Waals surface area contributed by atoms with Gasteiger partial charge in [-0.25, -0.2) is 4.79 Å². The number of rotatable bonds is 2. The molecule has 6 heteroatoms. The summed E-state index contributed by atoms with van der Waals surface area (Å²) >= 11 is 0. The Balaban J connectivity index is 1.80. The van der Waals surface area contributed by atoms with E-state index in [9.17, 15) is 4.79 Å². The van der Waals surface area contributed by atoms with Crippen LogP contribution in [0, 0.1) is 13.8 Å². The highest BCUT2D eigenvalue weighted by Crippen LogP contribution is 2.33. The van der Waals surface area contributed by atoms with Gasteiger partial charge in [0, 0.05) is 24.4 Å². The van der Waals surface area contributed by atoms with Gasteiger partial charge in [0.2, 0.25) is 0 Å². The molecule has 6 nitrogen and oxygen atoms in total. The van der Waals surface area contributed by atoms with Crippen molar-refractivity contribution in [2.45, 2.75) is 71.1 Å². The van der Waals surface area contributed by atoms with E-state index in [1.54, 1.807) is 0 Å². The van der Waals surface area contributed by atoms with E-state index in [0.717, 1.165) is 50.2 Å². The average Bonchev–Trinajstić information content (AvgIpc) is 2.97. The molecule has 1 aromatic rings. The number of hydrogen-bond donors (Lipinski definition) is 2. The van der Waals surface area contributed by atoms with Crippen molar-refractivity contribution >= 4 is 6.03 Å². The number of urea groups is 1. The fraction of sp³-hybridized carbons (Fsp3) is 0.765. The molecular weight excluding hydrogens is 292 g/mol. The molecule has 0 aliphatic carbocycles. The molecule has 23 heavy (non-hydrogen) atoms. The van der Waals surface area contributed by atoms with Crippen molar-refractivity contribution in [3.63, 3.8) is 0 Å². The second kappa shape index (κ2) is 6.91. The summed E-state index contributed by atoms with van der Waals surface area (Å²) in [4.78, 5) is 14.9. The third kappa shape index (κ3) is 3.37. The van der Waals surface area contributed by atoms with Crippen molar-refractivity contribution in [1.82, 2.24) is 20.4 Å². The number of aromatic amines is 1. The summed E-state index contributed by atoms with van der Waals surface area (Å²) in [5.41, 5.74) is 3.27. The second-order valence-corrected chi connectivity index (χ2v) is 6.83. The number of carbonyl (C=O) groups excluding carboxylic acids is 1. The fourth-order valence-corrected chi connectivity index (χ4v) is 3.86. The van der Waals surface area contributed by atoms with Crippen LogP contribution in [0.3, 0.4) is 0 Å². The lowest BCUT2D eigenvalue weighted by molar-refractivity contribution is 0.110. The Bertz CT molecular complexity index is 537. The maximum absolute atomic E-state index is 12.9. The van der Waals surface area contributed by atoms with Crippen LogP contribution in [-0.2, 0) is 4.74 Å². The minimum absolute atomic E-state index is 0.0410. The monoisotopic (exact) mass is 320 g/mol. The van der Waals surface area contributed by atoms with Crippen LogP contribution in [0.1, 0.15) is 62.0 Å². The number of H-pyrrole nitrogens is 1. The number of amides is 2. The van der Waals surface area contributed by atoms with E-state index in [1.165, 1.54) is 12.0 Å². The van der Waals surface area contributed by atoms with Crippen molar-refractivity contribution in [2.75, 3.05) is 13.2 Å². The summed E-state index contributed by atoms with van der Waals surface area (Å²) in [5.74, 6) is 0. The van der Waals surface area contributed by atoms with Crippen molar-refractivity contribution in [3.05, 3.63) is 17.0 Å². The molecule has 2 aliphatic heterocycles. The van der Waals surface area contributed by atoms with E-state index in [1.807, 2.05) is 25.7 Å². The number of aromatic nitrogens is 2. The number of nitrogens with zero attached hydrogens (tertiary/aromatic N) is 2. The Morgan fingerprint density at radius 2 is 2.13 bits per heavy atom. The van der Waals surface area contributed by atoms with Crippen LogP contribution in [-0.4, -0.2) is 46.4 Å². The molecule has 0 bridgehead atoms. The topological polar surface area (TPSA) is 70.2 Å². The summed E-state index contributed by atoms with van der Waals surface area (Å²) in [6, 6.07) is 0.283. The van der Waals surface area contributed by atoms with Gasteiger partial charge in [-0.3, -0.25) is 5.10 Å². The highest BCUT2D eigenvalue weighted by molar-refractivity contribution is 5.75. The van der Waals surface area contributed by atoms with Gasteiger partial charge in [-0.1, -0.05) is 12.8 Å². The van der Waals surface area contributed by atoms with Gasteiger partial charge < -0.3 is 15.0 Å². The molecule has 2 saturated heterocycles. The number of aryl methyl sites for hydroxylation is 2. The number of nitrogens with one attached hydrogen (secondary N) is 2. The van der Waals surface area contributed by atoms with Gasteiger partial charge >= 0.3 is 6.03 Å². The molecule has 3 atom stereocenters. The molecule has 2 amide bonds. The summed E-state index contributed by atoms with van der Waals surface area (Å²) in [6.45, 7) is 7.64. The maximum Gasteiger partial charge on any atom is 0.318 e. The second-order valence-electron chi connectivity index (χ2n) is 6.83. The molecule has 3 rings (SSSR count). The maximum atomic E-state index is 12.9. The van der Waals surface area contributed by atoms with Gasteiger partial charge in [0.25, 0.3) is 0 Å². The highest BCUT2D eigenvalue weighted by Gasteiger charge is 2.33. The summed E-state index contributed by atoms with van der Waals surface area (Å²) in [5, 5.41) is 10.6. The lowest BCUT2D eigenvalue weighted by atomic mass is 9.99. The summed E-state index contributed by atoms with van der Waals surface area (Å²) < 4.78 is 5.57. The zero-order valence-corrected chi connectivity index (χ0v) is 14.4. The molecule has 0 unspecified atom stereocenters. The lowest BCUT2D eigenvalue weighted by Gasteiger charge is -2.32. The zero-order chi connectivity index (χ0) is 16.4. The first-order valence-electron chi connectivity index (χ1n) is 8.78. The fourth-order valence-electron chi connectivity index (χ4n) is 3.86. The van der Waals surface area contributed by atoms with Crippen molar-refractivity contribution in [2.24, 2.45) is 0 Å². The molecule has 0 saturated carbocycles. The average molecular weight is 320 g/mol. The Hall–Kier alpha value is -1.56. The van der Waals surface area contributed by atoms with Crippen LogP contribution in [0.4, 0.5) is 4.79 Å². The number of hydrogen-bond acceptors (Lipinski definition) is 3. The molecule has 2 aliphatic rings. The molecule has 1 aromatic heterocycles. The van der Waals surface area contributed by atoms with Gasteiger partial charge in [0.1, 0.15) is 0 Å². The van der Waals surface area contributed by atoms with E-state index in [0.29, 0.717) is 0 Å². The lowest BCUT2D eigenvalue weighted by Crippen LogP contribution is -2.48. The molecule has 0 spiro atoms. The predicted octanol–water partition coefficient (Wildman–Crippen LogP) is 2.83. The van der Waals surface area contributed by atoms with Gasteiger partial charge in [0.15, 0.2) is 0 Å². The number of likely N-dealkylation sites (tertiary alicyclic amines) is 1. The Morgan fingerprint density at radius 3 is 2.78 bits per heavy atom. The van der Waals surface area contributed by atoms with Crippen molar-refractivity contribution in [3.8, 4) is 0 Å². The Kier molecular flexibility index (Phi) is 4.90. The quantitative estimate of drug-likeness (QED) is 0.880. The van der Waals surface area contributed by atoms with Gasteiger partial charge in [0.05, 0.1) is 23.9 Å². The molecule has 2 N–H and O–H groups in total. The summed E-state index contributed by atoms with van der Waals surface area (Å²) in [6.07, 6.45) is 5.40.